The normalized spacial score (nSPS) is 27.2. The van der Waals surface area contributed by atoms with E-state index in [-0.39, 0.29) is 17.9 Å². The summed E-state index contributed by atoms with van der Waals surface area (Å²) >= 11 is 0. The number of carbonyl (C=O) groups excluding carboxylic acids is 1. The van der Waals surface area contributed by atoms with E-state index in [0.29, 0.717) is 13.2 Å². The average molecular weight is 255 g/mol. The van der Waals surface area contributed by atoms with Gasteiger partial charge in [0, 0.05) is 12.0 Å². The maximum Gasteiger partial charge on any atom is 0.334 e. The monoisotopic (exact) mass is 255 g/mol. The van der Waals surface area contributed by atoms with Gasteiger partial charge in [0.15, 0.2) is 6.10 Å². The minimum Gasteiger partial charge on any atom is -0.479 e. The zero-order chi connectivity index (χ0) is 13.2. The lowest BCUT2D eigenvalue weighted by Gasteiger charge is -2.37. The Morgan fingerprint density at radius 3 is 2.61 bits per heavy atom. The van der Waals surface area contributed by atoms with Crippen molar-refractivity contribution in [3.8, 4) is 0 Å². The van der Waals surface area contributed by atoms with Crippen molar-refractivity contribution >= 4 is 11.9 Å². The first-order chi connectivity index (χ1) is 8.59. The Morgan fingerprint density at radius 1 is 1.39 bits per heavy atom. The van der Waals surface area contributed by atoms with Crippen molar-refractivity contribution in [1.82, 2.24) is 4.90 Å². The second-order valence-electron chi connectivity index (χ2n) is 5.29. The Labute approximate surface area is 107 Å². The van der Waals surface area contributed by atoms with Gasteiger partial charge in [0.1, 0.15) is 0 Å². The van der Waals surface area contributed by atoms with Crippen LogP contribution in [0.5, 0.6) is 0 Å². The summed E-state index contributed by atoms with van der Waals surface area (Å²) in [6.45, 7) is 3.08. The van der Waals surface area contributed by atoms with Gasteiger partial charge in [-0.15, -0.1) is 0 Å². The van der Waals surface area contributed by atoms with Crippen LogP contribution in [-0.4, -0.2) is 47.7 Å². The van der Waals surface area contributed by atoms with E-state index in [4.69, 9.17) is 9.84 Å². The van der Waals surface area contributed by atoms with Crippen molar-refractivity contribution in [3.63, 3.8) is 0 Å². The Kier molecular flexibility index (Phi) is 3.90. The Hall–Kier alpha value is -1.10. The van der Waals surface area contributed by atoms with Crippen LogP contribution in [-0.2, 0) is 14.3 Å². The van der Waals surface area contributed by atoms with Crippen LogP contribution < -0.4 is 0 Å². The van der Waals surface area contributed by atoms with Gasteiger partial charge in [-0.1, -0.05) is 19.8 Å². The fourth-order valence-electron chi connectivity index (χ4n) is 3.09. The number of nitrogens with zero attached hydrogens (tertiary/aromatic N) is 1. The molecule has 1 aliphatic heterocycles. The first kappa shape index (κ1) is 13.3. The molecule has 1 N–H and O–H groups in total. The fraction of sp³-hybridized carbons (Fsp3) is 0.846. The number of hydrogen-bond donors (Lipinski definition) is 1. The second kappa shape index (κ2) is 5.26. The zero-order valence-corrected chi connectivity index (χ0v) is 10.9. The highest BCUT2D eigenvalue weighted by Crippen LogP contribution is 2.42. The molecule has 1 aliphatic carbocycles. The summed E-state index contributed by atoms with van der Waals surface area (Å²) in [5.74, 6) is -0.846. The van der Waals surface area contributed by atoms with Gasteiger partial charge in [-0.3, -0.25) is 4.79 Å². The number of aliphatic carboxylic acids is 1. The molecule has 0 aromatic heterocycles. The number of carboxylic acids is 1. The molecule has 0 aromatic rings. The molecule has 1 amide bonds. The van der Waals surface area contributed by atoms with Crippen LogP contribution in [0.15, 0.2) is 0 Å². The molecule has 18 heavy (non-hydrogen) atoms. The van der Waals surface area contributed by atoms with Crippen molar-refractivity contribution in [2.75, 3.05) is 19.7 Å². The van der Waals surface area contributed by atoms with Gasteiger partial charge in [-0.05, 0) is 19.3 Å². The maximum absolute atomic E-state index is 12.6. The number of hydrogen-bond acceptors (Lipinski definition) is 3. The van der Waals surface area contributed by atoms with E-state index in [0.717, 1.165) is 32.1 Å². The van der Waals surface area contributed by atoms with Crippen molar-refractivity contribution < 1.29 is 19.4 Å². The summed E-state index contributed by atoms with van der Waals surface area (Å²) in [6, 6.07) is 0. The maximum atomic E-state index is 12.6. The molecule has 2 fully saturated rings. The summed E-state index contributed by atoms with van der Waals surface area (Å²) in [5, 5.41) is 8.96. The van der Waals surface area contributed by atoms with Gasteiger partial charge in [-0.25, -0.2) is 4.79 Å². The number of ether oxygens (including phenoxy) is 1. The molecule has 2 aliphatic rings. The van der Waals surface area contributed by atoms with Crippen LogP contribution >= 0.6 is 0 Å². The molecule has 0 bridgehead atoms. The van der Waals surface area contributed by atoms with Gasteiger partial charge < -0.3 is 14.7 Å². The third-order valence-electron chi connectivity index (χ3n) is 4.32. The van der Waals surface area contributed by atoms with Crippen LogP contribution in [0.3, 0.4) is 0 Å². The van der Waals surface area contributed by atoms with Gasteiger partial charge in [0.2, 0.25) is 5.91 Å². The Morgan fingerprint density at radius 2 is 2.06 bits per heavy atom. The third-order valence-corrected chi connectivity index (χ3v) is 4.32. The lowest BCUT2D eigenvalue weighted by molar-refractivity contribution is -0.162. The third kappa shape index (κ3) is 2.36. The molecule has 0 aromatic carbocycles. The number of carboxylic acid groups (broad SMARTS) is 1. The molecule has 0 radical (unpaired) electrons. The SMILES string of the molecule is CCC1(C(=O)N2CCOC(C(=O)O)C2)CCCC1. The molecule has 1 unspecified atom stereocenters. The molecule has 1 heterocycles. The van der Waals surface area contributed by atoms with Crippen LogP contribution in [0.2, 0.25) is 0 Å². The van der Waals surface area contributed by atoms with E-state index in [1.165, 1.54) is 0 Å². The van der Waals surface area contributed by atoms with Crippen molar-refractivity contribution in [1.29, 1.82) is 0 Å². The summed E-state index contributed by atoms with van der Waals surface area (Å²) in [6.07, 6.45) is 4.08. The van der Waals surface area contributed by atoms with E-state index in [2.05, 4.69) is 6.92 Å². The largest absolute Gasteiger partial charge is 0.479 e. The van der Waals surface area contributed by atoms with E-state index < -0.39 is 12.1 Å². The molecular weight excluding hydrogens is 234 g/mol. The fourth-order valence-corrected chi connectivity index (χ4v) is 3.09. The van der Waals surface area contributed by atoms with Crippen molar-refractivity contribution in [2.45, 2.75) is 45.1 Å². The summed E-state index contributed by atoms with van der Waals surface area (Å²) in [4.78, 5) is 25.2. The second-order valence-corrected chi connectivity index (χ2v) is 5.29. The summed E-state index contributed by atoms with van der Waals surface area (Å²) in [5.41, 5.74) is -0.236. The van der Waals surface area contributed by atoms with Gasteiger partial charge in [0.05, 0.1) is 13.2 Å². The first-order valence-electron chi connectivity index (χ1n) is 6.73. The molecule has 5 nitrogen and oxygen atoms in total. The molecule has 1 saturated heterocycles. The molecule has 2 rings (SSSR count). The quantitative estimate of drug-likeness (QED) is 0.824. The molecule has 102 valence electrons. The first-order valence-corrected chi connectivity index (χ1v) is 6.73. The van der Waals surface area contributed by atoms with E-state index in [1.54, 1.807) is 4.90 Å². The highest BCUT2D eigenvalue weighted by Gasteiger charge is 2.43. The molecule has 1 saturated carbocycles. The summed E-state index contributed by atoms with van der Waals surface area (Å²) in [7, 11) is 0. The van der Waals surface area contributed by atoms with Crippen LogP contribution in [0.25, 0.3) is 0 Å². The smallest absolute Gasteiger partial charge is 0.334 e. The predicted octanol–water partition coefficient (Wildman–Crippen LogP) is 1.27. The lowest BCUT2D eigenvalue weighted by Crippen LogP contribution is -2.52. The topological polar surface area (TPSA) is 66.8 Å². The van der Waals surface area contributed by atoms with Crippen LogP contribution in [0.1, 0.15) is 39.0 Å². The van der Waals surface area contributed by atoms with Gasteiger partial charge in [0.25, 0.3) is 0 Å². The average Bonchev–Trinajstić information content (AvgIpc) is 2.88. The van der Waals surface area contributed by atoms with Crippen LogP contribution in [0, 0.1) is 5.41 Å². The van der Waals surface area contributed by atoms with Gasteiger partial charge in [-0.2, -0.15) is 0 Å². The number of amides is 1. The number of carbonyl (C=O) groups is 2. The lowest BCUT2D eigenvalue weighted by atomic mass is 9.81. The highest BCUT2D eigenvalue weighted by atomic mass is 16.5. The molecular formula is C13H21NO4. The van der Waals surface area contributed by atoms with Crippen LogP contribution in [0.4, 0.5) is 0 Å². The Bertz CT molecular complexity index is 336. The zero-order valence-electron chi connectivity index (χ0n) is 10.9. The van der Waals surface area contributed by atoms with E-state index in [1.807, 2.05) is 0 Å². The minimum atomic E-state index is -0.982. The number of morpholine rings is 1. The standard InChI is InChI=1S/C13H21NO4/c1-2-13(5-3-4-6-13)12(17)14-7-8-18-10(9-14)11(15)16/h10H,2-9H2,1H3,(H,15,16). The molecule has 0 spiro atoms. The van der Waals surface area contributed by atoms with Crippen molar-refractivity contribution in [2.24, 2.45) is 5.41 Å². The molecule has 5 heteroatoms. The van der Waals surface area contributed by atoms with Gasteiger partial charge >= 0.3 is 5.97 Å². The predicted molar refractivity (Wildman–Crippen MR) is 65.1 cm³/mol. The Balaban J connectivity index is 2.06. The highest BCUT2D eigenvalue weighted by molar-refractivity contribution is 5.84. The number of rotatable bonds is 3. The van der Waals surface area contributed by atoms with E-state index in [9.17, 15) is 9.59 Å². The minimum absolute atomic E-state index is 0.136. The van der Waals surface area contributed by atoms with Crippen molar-refractivity contribution in [3.05, 3.63) is 0 Å². The van der Waals surface area contributed by atoms with E-state index >= 15 is 0 Å². The molecule has 1 atom stereocenters. The summed E-state index contributed by atoms with van der Waals surface area (Å²) < 4.78 is 5.16.